The van der Waals surface area contributed by atoms with Gasteiger partial charge in [-0.15, -0.1) is 5.10 Å². The van der Waals surface area contributed by atoms with Crippen LogP contribution in [0.3, 0.4) is 0 Å². The second-order valence-electron chi connectivity index (χ2n) is 6.27. The average Bonchev–Trinajstić information content (AvgIpc) is 2.86. The lowest BCUT2D eigenvalue weighted by Crippen LogP contribution is -2.32. The Kier molecular flexibility index (Phi) is 3.80. The van der Waals surface area contributed by atoms with Gasteiger partial charge in [0.1, 0.15) is 5.92 Å². The van der Waals surface area contributed by atoms with Crippen LogP contribution in [0.1, 0.15) is 39.4 Å². The fourth-order valence-corrected chi connectivity index (χ4v) is 3.74. The van der Waals surface area contributed by atoms with Crippen molar-refractivity contribution in [2.75, 3.05) is 0 Å². The number of rotatable bonds is 2. The molecule has 3 rings (SSSR count). The van der Waals surface area contributed by atoms with Crippen molar-refractivity contribution < 1.29 is 9.66 Å². The van der Waals surface area contributed by atoms with Gasteiger partial charge < -0.3 is 4.74 Å². The predicted molar refractivity (Wildman–Crippen MR) is 89.9 cm³/mol. The summed E-state index contributed by atoms with van der Waals surface area (Å²) in [6, 6.07) is 3.87. The highest BCUT2D eigenvalue weighted by Crippen LogP contribution is 2.46. The molecule has 1 aliphatic heterocycles. The van der Waals surface area contributed by atoms with Crippen molar-refractivity contribution in [3.8, 4) is 11.9 Å². The number of fused-ring (bicyclic) bond motifs is 1. The summed E-state index contributed by atoms with van der Waals surface area (Å²) in [5.74, 6) is -1.36. The molecule has 1 aliphatic rings. The second-order valence-corrected chi connectivity index (χ2v) is 6.27. The first kappa shape index (κ1) is 16.6. The zero-order valence-corrected chi connectivity index (χ0v) is 14.3. The lowest BCUT2D eigenvalue weighted by Gasteiger charge is -2.30. The van der Waals surface area contributed by atoms with E-state index in [1.165, 1.54) is 0 Å². The van der Waals surface area contributed by atoms with Crippen molar-refractivity contribution in [1.82, 2.24) is 10.2 Å². The normalized spacial score (nSPS) is 19.1. The van der Waals surface area contributed by atoms with Gasteiger partial charge in [0, 0.05) is 28.3 Å². The van der Waals surface area contributed by atoms with Crippen molar-refractivity contribution in [2.24, 2.45) is 5.92 Å². The molecule has 0 aliphatic carbocycles. The van der Waals surface area contributed by atoms with Crippen LogP contribution in [0, 0.1) is 60.5 Å². The lowest BCUT2D eigenvalue weighted by atomic mass is 9.75. The summed E-state index contributed by atoms with van der Waals surface area (Å²) in [5.41, 5.74) is 4.03. The number of nitro groups is 1. The molecule has 0 spiro atoms. The molecule has 0 saturated carbocycles. The monoisotopic (exact) mass is 339 g/mol. The van der Waals surface area contributed by atoms with Crippen molar-refractivity contribution in [1.29, 1.82) is 10.7 Å². The highest BCUT2D eigenvalue weighted by molar-refractivity contribution is 5.85. The van der Waals surface area contributed by atoms with Crippen LogP contribution in [0.25, 0.3) is 0 Å². The van der Waals surface area contributed by atoms with Crippen LogP contribution in [-0.4, -0.2) is 21.0 Å². The molecule has 1 aromatic heterocycles. The molecule has 0 bridgehead atoms. The van der Waals surface area contributed by atoms with Crippen LogP contribution in [0.5, 0.6) is 5.88 Å². The first-order valence-corrected chi connectivity index (χ1v) is 7.73. The summed E-state index contributed by atoms with van der Waals surface area (Å²) in [5, 5.41) is 36.1. The largest absolute Gasteiger partial charge is 0.422 e. The van der Waals surface area contributed by atoms with Gasteiger partial charge in [-0.3, -0.25) is 20.6 Å². The van der Waals surface area contributed by atoms with E-state index in [4.69, 9.17) is 10.1 Å². The van der Waals surface area contributed by atoms with E-state index in [2.05, 4.69) is 16.3 Å². The third-order valence-electron chi connectivity index (χ3n) is 4.72. The molecule has 0 amide bonds. The Morgan fingerprint density at radius 2 is 2.00 bits per heavy atom. The molecule has 2 atom stereocenters. The van der Waals surface area contributed by atoms with E-state index in [-0.39, 0.29) is 17.5 Å². The van der Waals surface area contributed by atoms with E-state index in [1.54, 1.807) is 26.8 Å². The molecule has 1 aromatic carbocycles. The minimum atomic E-state index is -0.872. The number of hydrogen-bond donors (Lipinski definition) is 2. The van der Waals surface area contributed by atoms with Crippen LogP contribution in [-0.2, 0) is 0 Å². The number of aryl methyl sites for hydroxylation is 3. The standard InChI is InChI=1S/C17H17N5O3/c1-7-5-8(2)15(22(23)24)9(3)12(7)14-11(6-18)16(19)25-17-13(14)10(4)20-21-17/h5,11,14,19H,1-4H3,(H,20,21). The Labute approximate surface area is 144 Å². The number of hydrogen-bond acceptors (Lipinski definition) is 6. The topological polar surface area (TPSA) is 129 Å². The zero-order valence-electron chi connectivity index (χ0n) is 14.3. The number of ether oxygens (including phenoxy) is 1. The molecule has 0 saturated heterocycles. The SMILES string of the molecule is Cc1cc(C)c([N+](=O)[O-])c(C)c1C1c2c(n[nH]c2C)OC(=N)C1C#N. The highest BCUT2D eigenvalue weighted by Gasteiger charge is 2.42. The Bertz CT molecular complexity index is 954. The number of nitro benzene ring substituents is 1. The summed E-state index contributed by atoms with van der Waals surface area (Å²) in [7, 11) is 0. The molecule has 8 heteroatoms. The van der Waals surface area contributed by atoms with Crippen molar-refractivity contribution >= 4 is 11.6 Å². The molecule has 2 unspecified atom stereocenters. The van der Waals surface area contributed by atoms with Gasteiger partial charge in [-0.25, -0.2) is 0 Å². The maximum Gasteiger partial charge on any atom is 0.275 e. The fraction of sp³-hybridized carbons (Fsp3) is 0.353. The van der Waals surface area contributed by atoms with Gasteiger partial charge in [-0.05, 0) is 44.9 Å². The maximum absolute atomic E-state index is 11.5. The van der Waals surface area contributed by atoms with Crippen LogP contribution in [0.2, 0.25) is 0 Å². The molecule has 2 aromatic rings. The molecule has 0 fully saturated rings. The van der Waals surface area contributed by atoms with E-state index in [9.17, 15) is 15.4 Å². The number of nitrogens with zero attached hydrogens (tertiary/aromatic N) is 3. The number of aromatic nitrogens is 2. The zero-order chi connectivity index (χ0) is 18.5. The van der Waals surface area contributed by atoms with Gasteiger partial charge in [0.05, 0.1) is 11.0 Å². The van der Waals surface area contributed by atoms with Gasteiger partial charge >= 0.3 is 0 Å². The van der Waals surface area contributed by atoms with Gasteiger partial charge in [-0.2, -0.15) is 5.26 Å². The van der Waals surface area contributed by atoms with Gasteiger partial charge in [0.2, 0.25) is 11.8 Å². The minimum Gasteiger partial charge on any atom is -0.422 e. The number of aromatic amines is 1. The quantitative estimate of drug-likeness (QED) is 0.641. The third kappa shape index (κ3) is 2.36. The molecule has 0 radical (unpaired) electrons. The number of nitriles is 1. The first-order chi connectivity index (χ1) is 11.8. The summed E-state index contributed by atoms with van der Waals surface area (Å²) in [4.78, 5) is 11.1. The van der Waals surface area contributed by atoms with Crippen molar-refractivity contribution in [3.05, 3.63) is 49.7 Å². The molecule has 2 heterocycles. The molecule has 25 heavy (non-hydrogen) atoms. The summed E-state index contributed by atoms with van der Waals surface area (Å²) in [6.45, 7) is 7.06. The Balaban J connectivity index is 2.37. The predicted octanol–water partition coefficient (Wildman–Crippen LogP) is 3.19. The van der Waals surface area contributed by atoms with Gasteiger partial charge in [-0.1, -0.05) is 0 Å². The highest BCUT2D eigenvalue weighted by atomic mass is 16.6. The van der Waals surface area contributed by atoms with Crippen LogP contribution in [0.4, 0.5) is 5.69 Å². The smallest absolute Gasteiger partial charge is 0.275 e. The van der Waals surface area contributed by atoms with E-state index in [1.807, 2.05) is 6.92 Å². The number of H-pyrrole nitrogens is 1. The van der Waals surface area contributed by atoms with E-state index in [0.29, 0.717) is 22.3 Å². The van der Waals surface area contributed by atoms with Gasteiger partial charge in [0.25, 0.3) is 5.69 Å². The Hall–Kier alpha value is -3.21. The van der Waals surface area contributed by atoms with Crippen molar-refractivity contribution in [2.45, 2.75) is 33.6 Å². The van der Waals surface area contributed by atoms with E-state index in [0.717, 1.165) is 11.3 Å². The second kappa shape index (κ2) is 5.70. The molecule has 8 nitrogen and oxygen atoms in total. The van der Waals surface area contributed by atoms with Gasteiger partial charge in [0.15, 0.2) is 0 Å². The number of benzene rings is 1. The van der Waals surface area contributed by atoms with E-state index >= 15 is 0 Å². The van der Waals surface area contributed by atoms with E-state index < -0.39 is 16.8 Å². The van der Waals surface area contributed by atoms with Crippen LogP contribution in [0.15, 0.2) is 6.07 Å². The molecular weight excluding hydrogens is 322 g/mol. The summed E-state index contributed by atoms with van der Waals surface area (Å²) in [6.07, 6.45) is 0. The van der Waals surface area contributed by atoms with Crippen LogP contribution < -0.4 is 4.74 Å². The summed E-state index contributed by atoms with van der Waals surface area (Å²) < 4.78 is 5.37. The molecular formula is C17H17N5O3. The fourth-order valence-electron chi connectivity index (χ4n) is 3.74. The minimum absolute atomic E-state index is 0.0398. The maximum atomic E-state index is 11.5. The Morgan fingerprint density at radius 1 is 1.32 bits per heavy atom. The van der Waals surface area contributed by atoms with Crippen molar-refractivity contribution in [3.63, 3.8) is 0 Å². The average molecular weight is 339 g/mol. The van der Waals surface area contributed by atoms with Crippen LogP contribution >= 0.6 is 0 Å². The molecule has 128 valence electrons. The number of nitrogens with one attached hydrogen (secondary N) is 2. The lowest BCUT2D eigenvalue weighted by molar-refractivity contribution is -0.386. The third-order valence-corrected chi connectivity index (χ3v) is 4.72. The molecule has 2 N–H and O–H groups in total. The summed E-state index contributed by atoms with van der Waals surface area (Å²) >= 11 is 0. The first-order valence-electron chi connectivity index (χ1n) is 7.73. The Morgan fingerprint density at radius 3 is 2.60 bits per heavy atom.